The maximum atomic E-state index is 12.5. The molecule has 0 fully saturated rings. The minimum Gasteiger partial charge on any atom is -0.508 e. The molecule has 7 nitrogen and oxygen atoms in total. The van der Waals surface area contributed by atoms with Crippen LogP contribution in [0.3, 0.4) is 0 Å². The molecule has 1 atom stereocenters. The number of ether oxygens (including phenoxy) is 1. The summed E-state index contributed by atoms with van der Waals surface area (Å²) in [5.74, 6) is -0.889. The van der Waals surface area contributed by atoms with Crippen LogP contribution < -0.4 is 5.32 Å². The van der Waals surface area contributed by atoms with Gasteiger partial charge in [0.2, 0.25) is 0 Å². The average molecular weight is 431 g/mol. The number of phenolic OH excluding ortho intramolecular Hbond substituents is 1. The molecule has 3 aromatic rings. The molecule has 0 spiro atoms. The highest BCUT2D eigenvalue weighted by molar-refractivity contribution is 5.96. The van der Waals surface area contributed by atoms with Gasteiger partial charge in [0.1, 0.15) is 11.4 Å². The summed E-state index contributed by atoms with van der Waals surface area (Å²) in [5, 5.41) is 20.3. The largest absolute Gasteiger partial charge is 0.508 e. The lowest BCUT2D eigenvalue weighted by atomic mass is 10.1. The maximum Gasteiger partial charge on any atom is 0.340 e. The normalized spacial score (nSPS) is 11.8. The van der Waals surface area contributed by atoms with E-state index in [1.807, 2.05) is 37.3 Å². The Kier molecular flexibility index (Phi) is 8.09. The number of esters is 1. The van der Waals surface area contributed by atoms with Gasteiger partial charge in [-0.3, -0.25) is 4.79 Å². The summed E-state index contributed by atoms with van der Waals surface area (Å²) in [4.78, 5) is 24.7. The molecular weight excluding hydrogens is 406 g/mol. The number of carbonyl (C=O) groups excluding carboxylic acids is 2. The number of benzene rings is 3. The Hall–Kier alpha value is -4.00. The lowest BCUT2D eigenvalue weighted by Gasteiger charge is -2.14. The predicted molar refractivity (Wildman–Crippen MR) is 121 cm³/mol. The second-order valence-corrected chi connectivity index (χ2v) is 7.30. The van der Waals surface area contributed by atoms with Gasteiger partial charge in [-0.25, -0.2) is 4.79 Å². The third-order valence-corrected chi connectivity index (χ3v) is 4.70. The van der Waals surface area contributed by atoms with Gasteiger partial charge in [0.05, 0.1) is 11.3 Å². The SMILES string of the molecule is C[C@@H](CCc1ccccc1)NC(=O)COC(=O)c1ccccc1N=Nc1ccc(O)cc1. The molecule has 3 rings (SSSR count). The van der Waals surface area contributed by atoms with Crippen LogP contribution in [0.5, 0.6) is 5.75 Å². The molecule has 1 amide bonds. The van der Waals surface area contributed by atoms with Crippen molar-refractivity contribution in [3.05, 3.63) is 90.0 Å². The highest BCUT2D eigenvalue weighted by atomic mass is 16.5. The van der Waals surface area contributed by atoms with Crippen molar-refractivity contribution in [1.82, 2.24) is 5.32 Å². The standard InChI is InChI=1S/C25H25N3O4/c1-18(11-12-19-7-3-2-4-8-19)26-24(30)17-32-25(31)22-9-5-6-10-23(22)28-27-20-13-15-21(29)16-14-20/h2-10,13-16,18,29H,11-12,17H2,1H3,(H,26,30)/t18-/m0/s1. The zero-order valence-corrected chi connectivity index (χ0v) is 17.8. The van der Waals surface area contributed by atoms with Crippen molar-refractivity contribution in [3.63, 3.8) is 0 Å². The van der Waals surface area contributed by atoms with Gasteiger partial charge in [0.15, 0.2) is 6.61 Å². The summed E-state index contributed by atoms with van der Waals surface area (Å²) >= 11 is 0. The quantitative estimate of drug-likeness (QED) is 0.363. The van der Waals surface area contributed by atoms with Gasteiger partial charge in [-0.05, 0) is 61.7 Å². The number of phenols is 1. The van der Waals surface area contributed by atoms with E-state index in [1.54, 1.807) is 36.4 Å². The fraction of sp³-hybridized carbons (Fsp3) is 0.200. The molecular formula is C25H25N3O4. The molecule has 0 saturated heterocycles. The van der Waals surface area contributed by atoms with Gasteiger partial charge in [-0.1, -0.05) is 42.5 Å². The van der Waals surface area contributed by atoms with Crippen LogP contribution in [-0.2, 0) is 16.0 Å². The van der Waals surface area contributed by atoms with E-state index in [9.17, 15) is 14.7 Å². The first-order valence-electron chi connectivity index (χ1n) is 10.3. The van der Waals surface area contributed by atoms with Crippen molar-refractivity contribution in [2.24, 2.45) is 10.2 Å². The van der Waals surface area contributed by atoms with Crippen LogP contribution >= 0.6 is 0 Å². The molecule has 32 heavy (non-hydrogen) atoms. The van der Waals surface area contributed by atoms with E-state index in [0.717, 1.165) is 12.8 Å². The van der Waals surface area contributed by atoms with Crippen molar-refractivity contribution < 1.29 is 19.4 Å². The number of aromatic hydroxyl groups is 1. The van der Waals surface area contributed by atoms with Gasteiger partial charge < -0.3 is 15.2 Å². The zero-order valence-electron chi connectivity index (χ0n) is 17.8. The Morgan fingerprint density at radius 1 is 0.938 bits per heavy atom. The molecule has 0 aromatic heterocycles. The lowest BCUT2D eigenvalue weighted by Crippen LogP contribution is -2.36. The van der Waals surface area contributed by atoms with Gasteiger partial charge in [0, 0.05) is 6.04 Å². The van der Waals surface area contributed by atoms with Crippen LogP contribution in [0.25, 0.3) is 0 Å². The van der Waals surface area contributed by atoms with Crippen LogP contribution in [0.1, 0.15) is 29.3 Å². The van der Waals surface area contributed by atoms with Crippen LogP contribution in [0, 0.1) is 0 Å². The number of aryl methyl sites for hydroxylation is 1. The number of nitrogens with zero attached hydrogens (tertiary/aromatic N) is 2. The Morgan fingerprint density at radius 3 is 2.38 bits per heavy atom. The van der Waals surface area contributed by atoms with Crippen LogP contribution in [0.2, 0.25) is 0 Å². The summed E-state index contributed by atoms with van der Waals surface area (Å²) in [6.07, 6.45) is 1.63. The lowest BCUT2D eigenvalue weighted by molar-refractivity contribution is -0.124. The average Bonchev–Trinajstić information content (AvgIpc) is 2.82. The molecule has 0 unspecified atom stereocenters. The predicted octanol–water partition coefficient (Wildman–Crippen LogP) is 5.10. The van der Waals surface area contributed by atoms with E-state index in [-0.39, 0.29) is 29.9 Å². The first-order valence-corrected chi connectivity index (χ1v) is 10.3. The van der Waals surface area contributed by atoms with Crippen molar-refractivity contribution in [2.45, 2.75) is 25.8 Å². The highest BCUT2D eigenvalue weighted by Crippen LogP contribution is 2.24. The topological polar surface area (TPSA) is 100 Å². The van der Waals surface area contributed by atoms with E-state index in [2.05, 4.69) is 15.5 Å². The van der Waals surface area contributed by atoms with Gasteiger partial charge in [-0.15, -0.1) is 5.11 Å². The van der Waals surface area contributed by atoms with Gasteiger partial charge in [-0.2, -0.15) is 5.11 Å². The van der Waals surface area contributed by atoms with Crippen molar-refractivity contribution in [1.29, 1.82) is 0 Å². The Bertz CT molecular complexity index is 1070. The maximum absolute atomic E-state index is 12.5. The number of hydrogen-bond donors (Lipinski definition) is 2. The molecule has 0 aliphatic carbocycles. The van der Waals surface area contributed by atoms with Crippen LogP contribution in [-0.4, -0.2) is 29.6 Å². The van der Waals surface area contributed by atoms with E-state index in [1.165, 1.54) is 17.7 Å². The summed E-state index contributed by atoms with van der Waals surface area (Å²) in [5.41, 5.74) is 2.26. The molecule has 2 N–H and O–H groups in total. The number of nitrogens with one attached hydrogen (secondary N) is 1. The second-order valence-electron chi connectivity index (χ2n) is 7.30. The first-order chi connectivity index (χ1) is 15.5. The minimum absolute atomic E-state index is 0.0483. The van der Waals surface area contributed by atoms with E-state index < -0.39 is 5.97 Å². The summed E-state index contributed by atoms with van der Waals surface area (Å²) in [6.45, 7) is 1.54. The van der Waals surface area contributed by atoms with Crippen molar-refractivity contribution in [2.75, 3.05) is 6.61 Å². The Balaban J connectivity index is 1.51. The zero-order chi connectivity index (χ0) is 22.8. The molecule has 0 heterocycles. The monoisotopic (exact) mass is 431 g/mol. The van der Waals surface area contributed by atoms with Crippen molar-refractivity contribution in [3.8, 4) is 5.75 Å². The Labute approximate surface area is 186 Å². The summed E-state index contributed by atoms with van der Waals surface area (Å²) < 4.78 is 5.18. The smallest absolute Gasteiger partial charge is 0.340 e. The third kappa shape index (κ3) is 7.05. The fourth-order valence-electron chi connectivity index (χ4n) is 2.99. The minimum atomic E-state index is -0.655. The fourth-order valence-corrected chi connectivity index (χ4v) is 2.99. The molecule has 7 heteroatoms. The molecule has 0 bridgehead atoms. The van der Waals surface area contributed by atoms with E-state index in [4.69, 9.17) is 4.74 Å². The number of hydrogen-bond acceptors (Lipinski definition) is 6. The number of azo groups is 1. The molecule has 0 saturated carbocycles. The molecule has 3 aromatic carbocycles. The Morgan fingerprint density at radius 2 is 1.62 bits per heavy atom. The first kappa shape index (κ1) is 22.7. The summed E-state index contributed by atoms with van der Waals surface area (Å²) in [7, 11) is 0. The second kappa shape index (κ2) is 11.4. The molecule has 164 valence electrons. The summed E-state index contributed by atoms with van der Waals surface area (Å²) in [6, 6.07) is 22.8. The number of rotatable bonds is 9. The van der Waals surface area contributed by atoms with Crippen molar-refractivity contribution >= 4 is 23.3 Å². The third-order valence-electron chi connectivity index (χ3n) is 4.70. The highest BCUT2D eigenvalue weighted by Gasteiger charge is 2.15. The van der Waals surface area contributed by atoms with Crippen LogP contribution in [0.15, 0.2) is 89.1 Å². The van der Waals surface area contributed by atoms with Crippen LogP contribution in [0.4, 0.5) is 11.4 Å². The van der Waals surface area contributed by atoms with E-state index in [0.29, 0.717) is 11.4 Å². The van der Waals surface area contributed by atoms with Gasteiger partial charge in [0.25, 0.3) is 5.91 Å². The number of amides is 1. The molecule has 0 aliphatic rings. The number of carbonyl (C=O) groups is 2. The van der Waals surface area contributed by atoms with Gasteiger partial charge >= 0.3 is 5.97 Å². The van der Waals surface area contributed by atoms with E-state index >= 15 is 0 Å². The molecule has 0 radical (unpaired) electrons. The molecule has 0 aliphatic heterocycles.